The minimum Gasteiger partial charge on any atom is -0.444 e. The fourth-order valence-corrected chi connectivity index (χ4v) is 3.30. The first kappa shape index (κ1) is 22.9. The number of thiazole rings is 1. The molecule has 0 aliphatic rings. The number of aromatic nitrogens is 1. The number of nitrogens with one attached hydrogen (secondary N) is 2. The molecular weight excluding hydrogens is 386 g/mol. The van der Waals surface area contributed by atoms with E-state index in [0.717, 1.165) is 21.8 Å². The molecule has 0 bridgehead atoms. The van der Waals surface area contributed by atoms with Crippen LogP contribution in [0.25, 0.3) is 11.3 Å². The van der Waals surface area contributed by atoms with Gasteiger partial charge in [0.1, 0.15) is 5.60 Å². The number of alkyl carbamates (subject to hydrolysis) is 1. The lowest BCUT2D eigenvalue weighted by atomic mass is 10.0. The number of hydrogen-bond donors (Lipinski definition) is 2. The van der Waals surface area contributed by atoms with Gasteiger partial charge in [-0.15, -0.1) is 11.3 Å². The van der Waals surface area contributed by atoms with Crippen LogP contribution in [0.15, 0.2) is 29.6 Å². The second-order valence-corrected chi connectivity index (χ2v) is 9.49. The molecule has 2 amide bonds. The van der Waals surface area contributed by atoms with Crippen LogP contribution >= 0.6 is 11.3 Å². The molecule has 2 aromatic rings. The Labute approximate surface area is 177 Å². The van der Waals surface area contributed by atoms with Crippen LogP contribution in [0.1, 0.15) is 45.2 Å². The number of ether oxygens (including phenoxy) is 1. The third kappa shape index (κ3) is 7.85. The van der Waals surface area contributed by atoms with E-state index in [4.69, 9.17) is 4.74 Å². The minimum absolute atomic E-state index is 0.0844. The molecule has 0 saturated carbocycles. The third-order valence-corrected chi connectivity index (χ3v) is 5.03. The van der Waals surface area contributed by atoms with Gasteiger partial charge < -0.3 is 15.4 Å². The summed E-state index contributed by atoms with van der Waals surface area (Å²) < 4.78 is 5.30. The van der Waals surface area contributed by atoms with Crippen LogP contribution in [-0.2, 0) is 16.0 Å². The highest BCUT2D eigenvalue weighted by Crippen LogP contribution is 2.21. The first-order valence-corrected chi connectivity index (χ1v) is 10.7. The van der Waals surface area contributed by atoms with E-state index in [0.29, 0.717) is 6.54 Å². The Balaban J connectivity index is 1.86. The highest BCUT2D eigenvalue weighted by molar-refractivity contribution is 7.09. The van der Waals surface area contributed by atoms with Gasteiger partial charge in [0.2, 0.25) is 5.91 Å². The molecule has 158 valence electrons. The van der Waals surface area contributed by atoms with Gasteiger partial charge in [-0.3, -0.25) is 4.79 Å². The summed E-state index contributed by atoms with van der Waals surface area (Å²) >= 11 is 1.62. The minimum atomic E-state index is -0.557. The van der Waals surface area contributed by atoms with Crippen LogP contribution < -0.4 is 10.6 Å². The zero-order valence-electron chi connectivity index (χ0n) is 18.0. The van der Waals surface area contributed by atoms with Crippen molar-refractivity contribution in [2.24, 2.45) is 5.92 Å². The van der Waals surface area contributed by atoms with E-state index in [1.165, 1.54) is 0 Å². The SMILES string of the molecule is Cc1nc(-c2ccc(CC(=O)NCC(NC(=O)OC(C)(C)C)C(C)C)cc2)cs1. The Kier molecular flexibility index (Phi) is 7.79. The molecule has 0 radical (unpaired) electrons. The van der Waals surface area contributed by atoms with E-state index in [9.17, 15) is 9.59 Å². The van der Waals surface area contributed by atoms with Crippen LogP contribution in [0.2, 0.25) is 0 Å². The molecule has 0 aliphatic carbocycles. The molecule has 7 heteroatoms. The summed E-state index contributed by atoms with van der Waals surface area (Å²) in [4.78, 5) is 28.8. The highest BCUT2D eigenvalue weighted by atomic mass is 32.1. The molecule has 6 nitrogen and oxygen atoms in total. The van der Waals surface area contributed by atoms with Crippen LogP contribution in [0.5, 0.6) is 0 Å². The molecular formula is C22H31N3O3S. The van der Waals surface area contributed by atoms with E-state index in [1.54, 1.807) is 11.3 Å². The molecule has 0 spiro atoms. The smallest absolute Gasteiger partial charge is 0.407 e. The Morgan fingerprint density at radius 1 is 1.17 bits per heavy atom. The van der Waals surface area contributed by atoms with E-state index in [-0.39, 0.29) is 24.3 Å². The third-order valence-electron chi connectivity index (χ3n) is 4.26. The molecule has 2 N–H and O–H groups in total. The number of carbonyl (C=O) groups is 2. The van der Waals surface area contributed by atoms with Crippen LogP contribution in [0, 0.1) is 12.8 Å². The van der Waals surface area contributed by atoms with Crippen LogP contribution in [0.4, 0.5) is 4.79 Å². The average molecular weight is 418 g/mol. The van der Waals surface area contributed by atoms with Gasteiger partial charge in [-0.05, 0) is 39.2 Å². The molecule has 1 unspecified atom stereocenters. The maximum Gasteiger partial charge on any atom is 0.407 e. The normalized spacial score (nSPS) is 12.5. The van der Waals surface area contributed by atoms with E-state index in [1.807, 2.05) is 71.2 Å². The van der Waals surface area contributed by atoms with Crippen molar-refractivity contribution < 1.29 is 14.3 Å². The molecule has 1 atom stereocenters. The maximum absolute atomic E-state index is 12.3. The van der Waals surface area contributed by atoms with Gasteiger partial charge >= 0.3 is 6.09 Å². The lowest BCUT2D eigenvalue weighted by Crippen LogP contribution is -2.48. The number of nitrogens with zero attached hydrogens (tertiary/aromatic N) is 1. The summed E-state index contributed by atoms with van der Waals surface area (Å²) in [7, 11) is 0. The first-order valence-electron chi connectivity index (χ1n) is 9.81. The topological polar surface area (TPSA) is 80.3 Å². The van der Waals surface area contributed by atoms with Crippen molar-refractivity contribution in [2.75, 3.05) is 6.54 Å². The Bertz CT molecular complexity index is 823. The summed E-state index contributed by atoms with van der Waals surface area (Å²) in [6, 6.07) is 7.66. The molecule has 1 aromatic carbocycles. The summed E-state index contributed by atoms with van der Waals surface area (Å²) in [5, 5.41) is 8.81. The second-order valence-electron chi connectivity index (χ2n) is 8.43. The first-order chi connectivity index (χ1) is 13.5. The zero-order chi connectivity index (χ0) is 21.6. The Morgan fingerprint density at radius 2 is 1.83 bits per heavy atom. The van der Waals surface area contributed by atoms with Crippen molar-refractivity contribution in [3.8, 4) is 11.3 Å². The van der Waals surface area contributed by atoms with Gasteiger partial charge in [-0.2, -0.15) is 0 Å². The Morgan fingerprint density at radius 3 is 2.34 bits per heavy atom. The molecule has 0 fully saturated rings. The van der Waals surface area contributed by atoms with Crippen LogP contribution in [-0.4, -0.2) is 35.2 Å². The number of carbonyl (C=O) groups excluding carboxylic acids is 2. The number of amides is 2. The quantitative estimate of drug-likeness (QED) is 0.703. The fraction of sp³-hybridized carbons (Fsp3) is 0.500. The zero-order valence-corrected chi connectivity index (χ0v) is 18.9. The van der Waals surface area contributed by atoms with Crippen LogP contribution in [0.3, 0.4) is 0 Å². The molecule has 0 aliphatic heterocycles. The predicted molar refractivity (Wildman–Crippen MR) is 117 cm³/mol. The van der Waals surface area contributed by atoms with E-state index in [2.05, 4.69) is 15.6 Å². The number of benzene rings is 1. The van der Waals surface area contributed by atoms with Gasteiger partial charge in [-0.25, -0.2) is 9.78 Å². The number of aryl methyl sites for hydroxylation is 1. The van der Waals surface area contributed by atoms with Crippen molar-refractivity contribution in [1.82, 2.24) is 15.6 Å². The predicted octanol–water partition coefficient (Wildman–Crippen LogP) is 4.33. The molecule has 1 heterocycles. The highest BCUT2D eigenvalue weighted by Gasteiger charge is 2.22. The molecule has 29 heavy (non-hydrogen) atoms. The van der Waals surface area contributed by atoms with Gasteiger partial charge in [-0.1, -0.05) is 38.1 Å². The maximum atomic E-state index is 12.3. The van der Waals surface area contributed by atoms with Gasteiger partial charge in [0.05, 0.1) is 23.2 Å². The number of hydrogen-bond acceptors (Lipinski definition) is 5. The summed E-state index contributed by atoms with van der Waals surface area (Å²) in [5.74, 6) is 0.0718. The Hall–Kier alpha value is -2.41. The van der Waals surface area contributed by atoms with Crippen molar-refractivity contribution >= 4 is 23.3 Å². The van der Waals surface area contributed by atoms with Crippen molar-refractivity contribution in [2.45, 2.75) is 59.6 Å². The summed E-state index contributed by atoms with van der Waals surface area (Å²) in [6.07, 6.45) is -0.188. The van der Waals surface area contributed by atoms with Crippen molar-refractivity contribution in [1.29, 1.82) is 0 Å². The van der Waals surface area contributed by atoms with Gasteiger partial charge in [0, 0.05) is 17.5 Å². The second kappa shape index (κ2) is 9.87. The molecule has 2 rings (SSSR count). The molecule has 1 aromatic heterocycles. The standard InChI is InChI=1S/C22H31N3O3S/c1-14(2)18(25-21(27)28-22(4,5)6)12-23-20(26)11-16-7-9-17(10-8-16)19-13-29-15(3)24-19/h7-10,13-14,18H,11-12H2,1-6H3,(H,23,26)(H,25,27). The number of rotatable bonds is 7. The summed E-state index contributed by atoms with van der Waals surface area (Å²) in [5.41, 5.74) is 2.37. The largest absolute Gasteiger partial charge is 0.444 e. The van der Waals surface area contributed by atoms with Gasteiger partial charge in [0.25, 0.3) is 0 Å². The van der Waals surface area contributed by atoms with E-state index < -0.39 is 11.7 Å². The van der Waals surface area contributed by atoms with Crippen molar-refractivity contribution in [3.63, 3.8) is 0 Å². The fourth-order valence-electron chi connectivity index (χ4n) is 2.67. The van der Waals surface area contributed by atoms with E-state index >= 15 is 0 Å². The summed E-state index contributed by atoms with van der Waals surface area (Å²) in [6.45, 7) is 11.8. The molecule has 0 saturated heterocycles. The van der Waals surface area contributed by atoms with Crippen molar-refractivity contribution in [3.05, 3.63) is 40.2 Å². The monoisotopic (exact) mass is 417 g/mol. The lowest BCUT2D eigenvalue weighted by Gasteiger charge is -2.26. The van der Waals surface area contributed by atoms with Gasteiger partial charge in [0.15, 0.2) is 0 Å². The lowest BCUT2D eigenvalue weighted by molar-refractivity contribution is -0.120. The average Bonchev–Trinajstić information content (AvgIpc) is 3.04.